The van der Waals surface area contributed by atoms with Gasteiger partial charge in [-0.15, -0.1) is 0 Å². The monoisotopic (exact) mass is 1040 g/mol. The maximum atomic E-state index is 13.4. The van der Waals surface area contributed by atoms with Crippen LogP contribution in [0.1, 0.15) is 167 Å². The van der Waals surface area contributed by atoms with E-state index in [1.807, 2.05) is 43.4 Å². The molecular weight excluding hydrogens is 963 g/mol. The molecule has 3 aromatic carbocycles. The van der Waals surface area contributed by atoms with Gasteiger partial charge in [0.1, 0.15) is 11.5 Å². The van der Waals surface area contributed by atoms with Gasteiger partial charge in [-0.3, -0.25) is 14.5 Å². The molecule has 75 heavy (non-hydrogen) atoms. The minimum atomic E-state index is -0.886. The third-order valence-electron chi connectivity index (χ3n) is 15.5. The Bertz CT molecular complexity index is 2380. The average molecular weight is 1040 g/mol. The molecule has 0 bridgehead atoms. The Labute approximate surface area is 440 Å². The van der Waals surface area contributed by atoms with Gasteiger partial charge in [0, 0.05) is 36.0 Å². The molecule has 16 heteroatoms. The van der Waals surface area contributed by atoms with Gasteiger partial charge in [-0.2, -0.15) is 0 Å². The van der Waals surface area contributed by atoms with Crippen molar-refractivity contribution in [3.05, 3.63) is 119 Å². The SMILES string of the molecule is CCC1CC(CCCC2CC(CC(O)CCCC3CC(CCCC(O)CC4CC(C)OC(c5ccccc5O)O4)OC(C4=CC=CCC4O)O3)OC(CN3C(=O)c4ccccc4C3=O)O2)OC(c2ccccc2O)O1. The Morgan fingerprint density at radius 3 is 1.63 bits per heavy atom. The fraction of sp³-hybridized carbons (Fsp3) is 0.593. The van der Waals surface area contributed by atoms with E-state index in [1.54, 1.807) is 54.6 Å². The standard InChI is InChI=1S/C59H77NO15/c1-3-39-32-41(72-58(71-39)49-24-7-10-27-52(49)64)20-14-19-40-34-45(70-54(69-40)35-60-55(66)46-21-4-5-22-47(46)56(60)67)31-38(62)16-13-18-43-33-42(73-59(74-43)50-25-8-11-28-53(50)65)17-12-15-37(61)30-44-29-36(2)68-57(75-44)48-23-6-9-26-51(48)63/h4-11,21-27,36-45,53-54,57-59,61-65H,3,12-20,28-35H2,1-2H3. The van der Waals surface area contributed by atoms with E-state index in [2.05, 4.69) is 6.92 Å². The lowest BCUT2D eigenvalue weighted by atomic mass is 9.94. The lowest BCUT2D eigenvalue weighted by Crippen LogP contribution is -2.47. The van der Waals surface area contributed by atoms with E-state index in [9.17, 15) is 35.1 Å². The highest BCUT2D eigenvalue weighted by molar-refractivity contribution is 6.21. The fourth-order valence-corrected chi connectivity index (χ4v) is 11.6. The molecule has 2 amide bonds. The number of aliphatic hydroxyl groups is 3. The van der Waals surface area contributed by atoms with Crippen LogP contribution in [0.25, 0.3) is 0 Å². The molecule has 9 rings (SSSR count). The summed E-state index contributed by atoms with van der Waals surface area (Å²) in [7, 11) is 0. The number of aliphatic hydroxyl groups excluding tert-OH is 3. The second-order valence-electron chi connectivity index (χ2n) is 21.3. The van der Waals surface area contributed by atoms with Gasteiger partial charge in [0.05, 0.1) is 84.8 Å². The van der Waals surface area contributed by atoms with Gasteiger partial charge in [-0.25, -0.2) is 0 Å². The van der Waals surface area contributed by atoms with Crippen LogP contribution in [0.3, 0.4) is 0 Å². The zero-order valence-corrected chi connectivity index (χ0v) is 43.3. The molecule has 4 fully saturated rings. The van der Waals surface area contributed by atoms with Crippen LogP contribution in [-0.2, 0) is 37.9 Å². The molecular formula is C59H77NO15. The van der Waals surface area contributed by atoms with Gasteiger partial charge in [0.2, 0.25) is 0 Å². The maximum Gasteiger partial charge on any atom is 0.261 e. The highest BCUT2D eigenvalue weighted by Crippen LogP contribution is 2.39. The topological polar surface area (TPSA) is 212 Å². The molecule has 0 spiro atoms. The number of ether oxygens (including phenoxy) is 8. The molecule has 15 unspecified atom stereocenters. The number of hydrogen-bond acceptors (Lipinski definition) is 15. The summed E-state index contributed by atoms with van der Waals surface area (Å²) in [5, 5.41) is 54.7. The van der Waals surface area contributed by atoms with Crippen LogP contribution >= 0.6 is 0 Å². The van der Waals surface area contributed by atoms with E-state index in [1.165, 1.54) is 4.90 Å². The number of fused-ring (bicyclic) bond motifs is 1. The molecule has 5 aliphatic heterocycles. The minimum Gasteiger partial charge on any atom is -0.507 e. The van der Waals surface area contributed by atoms with E-state index in [0.29, 0.717) is 111 Å². The smallest absolute Gasteiger partial charge is 0.261 e. The number of amides is 2. The number of phenolic OH excluding ortho intramolecular Hbond substituents is 2. The van der Waals surface area contributed by atoms with Crippen LogP contribution in [-0.4, -0.2) is 129 Å². The number of allylic oxidation sites excluding steroid dienone is 2. The van der Waals surface area contributed by atoms with Gasteiger partial charge in [0.25, 0.3) is 11.8 Å². The molecule has 16 nitrogen and oxygen atoms in total. The molecule has 0 radical (unpaired) electrons. The normalized spacial score (nSPS) is 32.0. The number of phenols is 2. The van der Waals surface area contributed by atoms with Gasteiger partial charge < -0.3 is 63.4 Å². The molecule has 0 aromatic heterocycles. The highest BCUT2D eigenvalue weighted by atomic mass is 16.7. The lowest BCUT2D eigenvalue weighted by molar-refractivity contribution is -0.254. The first-order valence-electron chi connectivity index (χ1n) is 27.5. The molecule has 5 heterocycles. The summed E-state index contributed by atoms with van der Waals surface area (Å²) in [6.07, 6.45) is 9.65. The number of aromatic hydroxyl groups is 2. The number of para-hydroxylation sites is 2. The Kier molecular flexibility index (Phi) is 19.3. The summed E-state index contributed by atoms with van der Waals surface area (Å²) in [6.45, 7) is 3.98. The Hall–Kier alpha value is -4.56. The molecule has 3 aromatic rings. The molecule has 1 aliphatic carbocycles. The number of rotatable bonds is 22. The van der Waals surface area contributed by atoms with Crippen molar-refractivity contribution < 1.29 is 73.0 Å². The largest absolute Gasteiger partial charge is 0.507 e. The van der Waals surface area contributed by atoms with Gasteiger partial charge in [-0.05, 0) is 121 Å². The maximum absolute atomic E-state index is 13.4. The van der Waals surface area contributed by atoms with E-state index < -0.39 is 49.6 Å². The summed E-state index contributed by atoms with van der Waals surface area (Å²) < 4.78 is 50.8. The number of nitrogens with zero attached hydrogens (tertiary/aromatic N) is 1. The molecule has 0 saturated carbocycles. The second-order valence-corrected chi connectivity index (χ2v) is 21.3. The number of imide groups is 1. The van der Waals surface area contributed by atoms with Gasteiger partial charge in [-0.1, -0.05) is 73.7 Å². The van der Waals surface area contributed by atoms with Crippen molar-refractivity contribution >= 4 is 11.8 Å². The zero-order chi connectivity index (χ0) is 52.4. The molecule has 408 valence electrons. The van der Waals surface area contributed by atoms with Crippen LogP contribution in [0.2, 0.25) is 0 Å². The predicted octanol–water partition coefficient (Wildman–Crippen LogP) is 9.13. The van der Waals surface area contributed by atoms with E-state index in [-0.39, 0.29) is 72.6 Å². The summed E-state index contributed by atoms with van der Waals surface area (Å²) in [5.41, 5.74) is 2.56. The summed E-state index contributed by atoms with van der Waals surface area (Å²) in [4.78, 5) is 28.1. The molecule has 6 aliphatic rings. The molecule has 15 atom stereocenters. The average Bonchev–Trinajstić information content (AvgIpc) is 3.63. The first-order chi connectivity index (χ1) is 36.4. The molecule has 4 saturated heterocycles. The summed E-state index contributed by atoms with van der Waals surface area (Å²) in [6, 6.07) is 20.8. The first kappa shape index (κ1) is 55.2. The van der Waals surface area contributed by atoms with Crippen LogP contribution in [0.4, 0.5) is 0 Å². The van der Waals surface area contributed by atoms with Crippen molar-refractivity contribution in [1.82, 2.24) is 4.90 Å². The Balaban J connectivity index is 0.778. The highest BCUT2D eigenvalue weighted by Gasteiger charge is 2.41. The third-order valence-corrected chi connectivity index (χ3v) is 15.5. The number of benzene rings is 3. The fourth-order valence-electron chi connectivity index (χ4n) is 11.6. The van der Waals surface area contributed by atoms with Crippen LogP contribution < -0.4 is 0 Å². The van der Waals surface area contributed by atoms with Gasteiger partial charge in [0.15, 0.2) is 25.2 Å². The Morgan fingerprint density at radius 2 is 1.04 bits per heavy atom. The minimum absolute atomic E-state index is 0.0186. The lowest BCUT2D eigenvalue weighted by Gasteiger charge is -2.39. The van der Waals surface area contributed by atoms with E-state index >= 15 is 0 Å². The van der Waals surface area contributed by atoms with Crippen LogP contribution in [0.15, 0.2) is 96.6 Å². The number of hydrogen-bond donors (Lipinski definition) is 5. The van der Waals surface area contributed by atoms with Crippen molar-refractivity contribution in [2.75, 3.05) is 6.54 Å². The van der Waals surface area contributed by atoms with Crippen molar-refractivity contribution in [3.8, 4) is 11.5 Å². The molecule has 5 N–H and O–H groups in total. The Morgan fingerprint density at radius 1 is 0.573 bits per heavy atom. The van der Waals surface area contributed by atoms with Crippen molar-refractivity contribution in [3.63, 3.8) is 0 Å². The quantitative estimate of drug-likeness (QED) is 0.0594. The van der Waals surface area contributed by atoms with Crippen molar-refractivity contribution in [2.45, 2.75) is 215 Å². The number of carbonyl (C=O) groups excluding carboxylic acids is 2. The van der Waals surface area contributed by atoms with Crippen LogP contribution in [0.5, 0.6) is 11.5 Å². The van der Waals surface area contributed by atoms with Gasteiger partial charge >= 0.3 is 0 Å². The van der Waals surface area contributed by atoms with E-state index in [0.717, 1.165) is 25.7 Å². The van der Waals surface area contributed by atoms with Crippen LogP contribution in [0, 0.1) is 0 Å². The van der Waals surface area contributed by atoms with Crippen molar-refractivity contribution in [1.29, 1.82) is 0 Å². The van der Waals surface area contributed by atoms with E-state index in [4.69, 9.17) is 37.9 Å². The summed E-state index contributed by atoms with van der Waals surface area (Å²) in [5.74, 6) is -0.535. The van der Waals surface area contributed by atoms with Crippen molar-refractivity contribution in [2.24, 2.45) is 0 Å². The third kappa shape index (κ3) is 14.5. The predicted molar refractivity (Wildman–Crippen MR) is 275 cm³/mol. The summed E-state index contributed by atoms with van der Waals surface area (Å²) >= 11 is 0. The second kappa shape index (κ2) is 26.2. The first-order valence-corrected chi connectivity index (χ1v) is 27.5. The zero-order valence-electron chi connectivity index (χ0n) is 43.3. The number of carbonyl (C=O) groups is 2.